The molecule has 4 nitrogen and oxygen atoms in total. The standard InChI is InChI=1S/C11H16N2O2S.ClH/c1-16(14,15)13-8-11-10-5-3-2-4-9(10)6-7-12-11;/h2-5,11-13H,6-8H2,1H3;1H. The summed E-state index contributed by atoms with van der Waals surface area (Å²) in [7, 11) is -3.12. The number of halogens is 1. The summed E-state index contributed by atoms with van der Waals surface area (Å²) >= 11 is 0. The highest BCUT2D eigenvalue weighted by Crippen LogP contribution is 2.21. The maximum Gasteiger partial charge on any atom is 0.208 e. The first-order valence-corrected chi connectivity index (χ1v) is 7.21. The quantitative estimate of drug-likeness (QED) is 0.860. The predicted molar refractivity (Wildman–Crippen MR) is 71.0 cm³/mol. The molecule has 1 unspecified atom stereocenters. The molecule has 1 aromatic carbocycles. The molecule has 0 radical (unpaired) electrons. The lowest BCUT2D eigenvalue weighted by atomic mass is 9.95. The summed E-state index contributed by atoms with van der Waals surface area (Å²) in [6.07, 6.45) is 2.19. The van der Waals surface area contributed by atoms with Gasteiger partial charge in [0.2, 0.25) is 10.0 Å². The van der Waals surface area contributed by atoms with Crippen LogP contribution in [0.15, 0.2) is 24.3 Å². The molecule has 0 aromatic heterocycles. The molecule has 0 fully saturated rings. The summed E-state index contributed by atoms with van der Waals surface area (Å²) in [5.74, 6) is 0. The minimum absolute atomic E-state index is 0. The van der Waals surface area contributed by atoms with Crippen molar-refractivity contribution < 1.29 is 8.42 Å². The van der Waals surface area contributed by atoms with Crippen molar-refractivity contribution in [3.8, 4) is 0 Å². The van der Waals surface area contributed by atoms with Gasteiger partial charge in [-0.3, -0.25) is 0 Å². The van der Waals surface area contributed by atoms with Crippen LogP contribution in [-0.4, -0.2) is 27.8 Å². The van der Waals surface area contributed by atoms with Crippen molar-refractivity contribution in [2.75, 3.05) is 19.3 Å². The summed E-state index contributed by atoms with van der Waals surface area (Å²) in [6.45, 7) is 1.31. The smallest absolute Gasteiger partial charge is 0.208 e. The van der Waals surface area contributed by atoms with Crippen molar-refractivity contribution in [1.29, 1.82) is 0 Å². The molecule has 2 rings (SSSR count). The second kappa shape index (κ2) is 5.82. The van der Waals surface area contributed by atoms with Gasteiger partial charge in [0.1, 0.15) is 0 Å². The van der Waals surface area contributed by atoms with E-state index in [1.54, 1.807) is 0 Å². The molecule has 0 aliphatic carbocycles. The van der Waals surface area contributed by atoms with Crippen LogP contribution in [0.2, 0.25) is 0 Å². The Morgan fingerprint density at radius 3 is 2.82 bits per heavy atom. The molecule has 1 heterocycles. The number of sulfonamides is 1. The number of hydrogen-bond acceptors (Lipinski definition) is 3. The van der Waals surface area contributed by atoms with Crippen molar-refractivity contribution in [1.82, 2.24) is 10.0 Å². The zero-order chi connectivity index (χ0) is 11.6. The Labute approximate surface area is 108 Å². The Kier molecular flexibility index (Phi) is 4.94. The number of hydrogen-bond donors (Lipinski definition) is 2. The average Bonchev–Trinajstić information content (AvgIpc) is 2.25. The van der Waals surface area contributed by atoms with Gasteiger partial charge < -0.3 is 5.32 Å². The van der Waals surface area contributed by atoms with E-state index in [2.05, 4.69) is 22.2 Å². The van der Waals surface area contributed by atoms with Gasteiger partial charge >= 0.3 is 0 Å². The fourth-order valence-electron chi connectivity index (χ4n) is 2.01. The monoisotopic (exact) mass is 276 g/mol. The Morgan fingerprint density at radius 1 is 1.41 bits per heavy atom. The van der Waals surface area contributed by atoms with Gasteiger partial charge in [-0.15, -0.1) is 12.4 Å². The van der Waals surface area contributed by atoms with Crippen molar-refractivity contribution in [3.63, 3.8) is 0 Å². The first-order chi connectivity index (χ1) is 7.56. The van der Waals surface area contributed by atoms with E-state index in [0.717, 1.165) is 13.0 Å². The van der Waals surface area contributed by atoms with E-state index in [4.69, 9.17) is 0 Å². The maximum absolute atomic E-state index is 11.0. The number of benzene rings is 1. The molecule has 1 aromatic rings. The van der Waals surface area contributed by atoms with Crippen LogP contribution in [0.5, 0.6) is 0 Å². The van der Waals surface area contributed by atoms with Crippen LogP contribution in [-0.2, 0) is 16.4 Å². The second-order valence-corrected chi connectivity index (χ2v) is 5.91. The van der Waals surface area contributed by atoms with Crippen molar-refractivity contribution in [3.05, 3.63) is 35.4 Å². The van der Waals surface area contributed by atoms with Crippen molar-refractivity contribution >= 4 is 22.4 Å². The van der Waals surface area contributed by atoms with E-state index in [1.807, 2.05) is 12.1 Å². The number of nitrogens with one attached hydrogen (secondary N) is 2. The third-order valence-corrected chi connectivity index (χ3v) is 3.46. The zero-order valence-electron chi connectivity index (χ0n) is 9.64. The lowest BCUT2D eigenvalue weighted by molar-refractivity contribution is 0.493. The van der Waals surface area contributed by atoms with E-state index in [9.17, 15) is 8.42 Å². The zero-order valence-corrected chi connectivity index (χ0v) is 11.3. The topological polar surface area (TPSA) is 58.2 Å². The van der Waals surface area contributed by atoms with Gasteiger partial charge in [-0.05, 0) is 24.1 Å². The fourth-order valence-corrected chi connectivity index (χ4v) is 2.48. The Balaban J connectivity index is 0.00000144. The van der Waals surface area contributed by atoms with Crippen LogP contribution >= 0.6 is 12.4 Å². The molecule has 0 spiro atoms. The van der Waals surface area contributed by atoms with Gasteiger partial charge in [-0.1, -0.05) is 24.3 Å². The van der Waals surface area contributed by atoms with Gasteiger partial charge in [-0.2, -0.15) is 0 Å². The molecule has 0 saturated heterocycles. The van der Waals surface area contributed by atoms with Gasteiger partial charge in [0.15, 0.2) is 0 Å². The minimum Gasteiger partial charge on any atom is -0.308 e. The summed E-state index contributed by atoms with van der Waals surface area (Å²) in [5.41, 5.74) is 2.51. The van der Waals surface area contributed by atoms with Crippen molar-refractivity contribution in [2.24, 2.45) is 0 Å². The highest BCUT2D eigenvalue weighted by atomic mass is 35.5. The van der Waals surface area contributed by atoms with Crippen LogP contribution in [0.3, 0.4) is 0 Å². The fraction of sp³-hybridized carbons (Fsp3) is 0.455. The molecule has 6 heteroatoms. The molecular formula is C11H17ClN2O2S. The van der Waals surface area contributed by atoms with Gasteiger partial charge in [0.05, 0.1) is 6.26 Å². The molecule has 2 N–H and O–H groups in total. The maximum atomic E-state index is 11.0. The van der Waals surface area contributed by atoms with Crippen molar-refractivity contribution in [2.45, 2.75) is 12.5 Å². The average molecular weight is 277 g/mol. The van der Waals surface area contributed by atoms with E-state index in [-0.39, 0.29) is 18.4 Å². The lowest BCUT2D eigenvalue weighted by Gasteiger charge is -2.26. The molecule has 0 saturated carbocycles. The lowest BCUT2D eigenvalue weighted by Crippen LogP contribution is -2.38. The van der Waals surface area contributed by atoms with Crippen LogP contribution in [0.1, 0.15) is 17.2 Å². The summed E-state index contributed by atoms with van der Waals surface area (Å²) in [5, 5.41) is 3.32. The second-order valence-electron chi connectivity index (χ2n) is 4.08. The first-order valence-electron chi connectivity index (χ1n) is 5.32. The molecule has 1 atom stereocenters. The normalized spacial score (nSPS) is 19.2. The number of fused-ring (bicyclic) bond motifs is 1. The van der Waals surface area contributed by atoms with Crippen LogP contribution in [0.25, 0.3) is 0 Å². The third kappa shape index (κ3) is 3.96. The van der Waals surface area contributed by atoms with Crippen LogP contribution in [0.4, 0.5) is 0 Å². The Hall–Kier alpha value is -0.620. The van der Waals surface area contributed by atoms with E-state index >= 15 is 0 Å². The molecule has 1 aliphatic rings. The Morgan fingerprint density at radius 2 is 2.12 bits per heavy atom. The number of rotatable bonds is 3. The van der Waals surface area contributed by atoms with E-state index < -0.39 is 10.0 Å². The molecule has 0 amide bonds. The highest BCUT2D eigenvalue weighted by molar-refractivity contribution is 7.88. The third-order valence-electron chi connectivity index (χ3n) is 2.77. The summed E-state index contributed by atoms with van der Waals surface area (Å²) in [4.78, 5) is 0. The summed E-state index contributed by atoms with van der Waals surface area (Å²) < 4.78 is 24.6. The van der Waals surface area contributed by atoms with E-state index in [1.165, 1.54) is 17.4 Å². The highest BCUT2D eigenvalue weighted by Gasteiger charge is 2.19. The van der Waals surface area contributed by atoms with Gasteiger partial charge in [0.25, 0.3) is 0 Å². The van der Waals surface area contributed by atoms with E-state index in [0.29, 0.717) is 6.54 Å². The minimum atomic E-state index is -3.12. The largest absolute Gasteiger partial charge is 0.308 e. The predicted octanol–water partition coefficient (Wildman–Crippen LogP) is 0.844. The van der Waals surface area contributed by atoms with Crippen LogP contribution in [0, 0.1) is 0 Å². The molecule has 0 bridgehead atoms. The molecule has 17 heavy (non-hydrogen) atoms. The SMILES string of the molecule is CS(=O)(=O)NCC1NCCc2ccccc21.Cl. The molecular weight excluding hydrogens is 260 g/mol. The summed E-state index contributed by atoms with van der Waals surface area (Å²) in [6, 6.07) is 8.24. The van der Waals surface area contributed by atoms with Gasteiger partial charge in [-0.25, -0.2) is 13.1 Å². The molecule has 96 valence electrons. The van der Waals surface area contributed by atoms with Gasteiger partial charge in [0, 0.05) is 12.6 Å². The first kappa shape index (κ1) is 14.4. The van der Waals surface area contributed by atoms with Crippen LogP contribution < -0.4 is 10.0 Å². The Bertz CT molecular complexity index is 476. The molecule has 1 aliphatic heterocycles.